The van der Waals surface area contributed by atoms with E-state index in [1.54, 1.807) is 54.6 Å². The lowest BCUT2D eigenvalue weighted by atomic mass is 10.1. The van der Waals surface area contributed by atoms with Crippen molar-refractivity contribution in [2.24, 2.45) is 0 Å². The quantitative estimate of drug-likeness (QED) is 0.308. The molecule has 4 aromatic rings. The van der Waals surface area contributed by atoms with Gasteiger partial charge in [0.25, 0.3) is 11.8 Å². The molecule has 9 heteroatoms. The maximum absolute atomic E-state index is 12.8. The number of thiophene rings is 1. The summed E-state index contributed by atoms with van der Waals surface area (Å²) in [4.78, 5) is 29.6. The van der Waals surface area contributed by atoms with E-state index in [0.29, 0.717) is 33.4 Å². The molecule has 0 aliphatic rings. The molecule has 0 unspecified atom stereocenters. The molecule has 0 spiro atoms. The highest BCUT2D eigenvalue weighted by atomic mass is 35.5. The molecular formula is C24H17Cl2N3O3S. The van der Waals surface area contributed by atoms with Gasteiger partial charge in [0.05, 0.1) is 15.6 Å². The highest BCUT2D eigenvalue weighted by Gasteiger charge is 2.13. The van der Waals surface area contributed by atoms with Crippen molar-refractivity contribution in [2.75, 3.05) is 5.32 Å². The Morgan fingerprint density at radius 3 is 2.48 bits per heavy atom. The smallest absolute Gasteiger partial charge is 0.261 e. The third kappa shape index (κ3) is 5.90. The minimum absolute atomic E-state index is 0.126. The van der Waals surface area contributed by atoms with Gasteiger partial charge in [-0.3, -0.25) is 9.59 Å². The number of rotatable bonds is 7. The van der Waals surface area contributed by atoms with E-state index in [1.165, 1.54) is 23.6 Å². The molecule has 2 amide bonds. The van der Waals surface area contributed by atoms with E-state index in [4.69, 9.17) is 27.9 Å². The fraction of sp³-hybridized carbons (Fsp3) is 0.0417. The van der Waals surface area contributed by atoms with E-state index in [0.717, 1.165) is 5.56 Å². The molecule has 33 heavy (non-hydrogen) atoms. The van der Waals surface area contributed by atoms with Gasteiger partial charge >= 0.3 is 0 Å². The number of hydrogen-bond donors (Lipinski definition) is 2. The Morgan fingerprint density at radius 2 is 1.76 bits per heavy atom. The number of benzene rings is 2. The van der Waals surface area contributed by atoms with Gasteiger partial charge in [-0.25, -0.2) is 4.98 Å². The average Bonchev–Trinajstić information content (AvgIpc) is 3.36. The third-order valence-corrected chi connectivity index (χ3v) is 5.88. The molecule has 0 atom stereocenters. The van der Waals surface area contributed by atoms with Crippen LogP contribution >= 0.6 is 34.5 Å². The molecular weight excluding hydrogens is 481 g/mol. The topological polar surface area (TPSA) is 80.3 Å². The number of hydrogen-bond acceptors (Lipinski definition) is 5. The molecule has 6 nitrogen and oxygen atoms in total. The van der Waals surface area contributed by atoms with Crippen LogP contribution in [0.2, 0.25) is 10.0 Å². The second-order valence-corrected chi connectivity index (χ2v) is 8.64. The summed E-state index contributed by atoms with van der Waals surface area (Å²) in [6.07, 6.45) is 1.42. The standard InChI is InChI=1S/C24H17Cl2N3O3S/c25-17-12-18(26)24(28-14-17)32-20-5-2-1-4-19(20)29-22(30)16-9-7-15(8-10-16)13-27-23(31)21-6-3-11-33-21/h1-12,14H,13H2,(H,27,31)(H,29,30). The van der Waals surface area contributed by atoms with Gasteiger partial charge in [0.15, 0.2) is 5.75 Å². The zero-order valence-electron chi connectivity index (χ0n) is 17.0. The Morgan fingerprint density at radius 1 is 0.970 bits per heavy atom. The number of nitrogens with one attached hydrogen (secondary N) is 2. The lowest BCUT2D eigenvalue weighted by Gasteiger charge is -2.13. The van der Waals surface area contributed by atoms with Crippen LogP contribution in [0, 0.1) is 0 Å². The first-order chi connectivity index (χ1) is 16.0. The summed E-state index contributed by atoms with van der Waals surface area (Å²) < 4.78 is 5.78. The largest absolute Gasteiger partial charge is 0.435 e. The van der Waals surface area contributed by atoms with Gasteiger partial charge in [-0.05, 0) is 47.3 Å². The first-order valence-electron chi connectivity index (χ1n) is 9.79. The molecule has 0 saturated heterocycles. The van der Waals surface area contributed by atoms with Crippen LogP contribution in [-0.4, -0.2) is 16.8 Å². The van der Waals surface area contributed by atoms with Gasteiger partial charge in [-0.2, -0.15) is 0 Å². The molecule has 166 valence electrons. The molecule has 2 heterocycles. The van der Waals surface area contributed by atoms with Gasteiger partial charge in [-0.1, -0.05) is 53.5 Å². The molecule has 2 aromatic heterocycles. The van der Waals surface area contributed by atoms with Crippen LogP contribution in [0.3, 0.4) is 0 Å². The number of nitrogens with zero attached hydrogens (tertiary/aromatic N) is 1. The average molecular weight is 498 g/mol. The molecule has 0 saturated carbocycles. The van der Waals surface area contributed by atoms with Crippen LogP contribution in [0.5, 0.6) is 11.6 Å². The summed E-state index contributed by atoms with van der Waals surface area (Å²) >= 11 is 13.4. The number of aromatic nitrogens is 1. The Balaban J connectivity index is 1.40. The Kier molecular flexibility index (Phi) is 7.24. The second-order valence-electron chi connectivity index (χ2n) is 6.85. The van der Waals surface area contributed by atoms with Gasteiger partial charge in [0.1, 0.15) is 5.02 Å². The van der Waals surface area contributed by atoms with Gasteiger partial charge in [0, 0.05) is 18.3 Å². The molecule has 0 fully saturated rings. The van der Waals surface area contributed by atoms with Crippen molar-refractivity contribution < 1.29 is 14.3 Å². The summed E-state index contributed by atoms with van der Waals surface area (Å²) in [5, 5.41) is 8.20. The summed E-state index contributed by atoms with van der Waals surface area (Å²) in [6, 6.07) is 19.1. The maximum atomic E-state index is 12.8. The van der Waals surface area contributed by atoms with Crippen molar-refractivity contribution in [1.29, 1.82) is 0 Å². The molecule has 0 aliphatic heterocycles. The first kappa shape index (κ1) is 22.8. The van der Waals surface area contributed by atoms with Crippen molar-refractivity contribution in [3.8, 4) is 11.6 Å². The van der Waals surface area contributed by atoms with Gasteiger partial charge < -0.3 is 15.4 Å². The molecule has 4 rings (SSSR count). The molecule has 2 aromatic carbocycles. The van der Waals surface area contributed by atoms with Crippen LogP contribution in [0.15, 0.2) is 78.3 Å². The predicted octanol–water partition coefficient (Wildman–Crippen LogP) is 6.42. The van der Waals surface area contributed by atoms with E-state index in [9.17, 15) is 9.59 Å². The summed E-state index contributed by atoms with van der Waals surface area (Å²) in [7, 11) is 0. The van der Waals surface area contributed by atoms with E-state index in [-0.39, 0.29) is 22.7 Å². The summed E-state index contributed by atoms with van der Waals surface area (Å²) in [5.41, 5.74) is 1.80. The number of pyridine rings is 1. The minimum Gasteiger partial charge on any atom is -0.435 e. The first-order valence-corrected chi connectivity index (χ1v) is 11.4. The zero-order chi connectivity index (χ0) is 23.2. The van der Waals surface area contributed by atoms with Crippen LogP contribution in [-0.2, 0) is 6.54 Å². The van der Waals surface area contributed by atoms with E-state index >= 15 is 0 Å². The number of ether oxygens (including phenoxy) is 1. The van der Waals surface area contributed by atoms with E-state index in [1.807, 2.05) is 11.4 Å². The number of amides is 2. The van der Waals surface area contributed by atoms with Crippen LogP contribution in [0.1, 0.15) is 25.6 Å². The van der Waals surface area contributed by atoms with E-state index in [2.05, 4.69) is 15.6 Å². The second kappa shape index (κ2) is 10.5. The molecule has 0 aliphatic carbocycles. The van der Waals surface area contributed by atoms with Crippen molar-refractivity contribution in [3.63, 3.8) is 0 Å². The summed E-state index contributed by atoms with van der Waals surface area (Å²) in [6.45, 7) is 0.365. The minimum atomic E-state index is -0.310. The van der Waals surface area contributed by atoms with Crippen molar-refractivity contribution in [3.05, 3.63) is 104 Å². The Bertz CT molecular complexity index is 1280. The van der Waals surface area contributed by atoms with Crippen molar-refractivity contribution in [2.45, 2.75) is 6.54 Å². The molecule has 0 radical (unpaired) electrons. The maximum Gasteiger partial charge on any atom is 0.261 e. The van der Waals surface area contributed by atoms with Crippen LogP contribution in [0.4, 0.5) is 5.69 Å². The monoisotopic (exact) mass is 497 g/mol. The zero-order valence-corrected chi connectivity index (χ0v) is 19.4. The Labute approximate surface area is 204 Å². The fourth-order valence-corrected chi connectivity index (χ4v) is 3.94. The molecule has 2 N–H and O–H groups in total. The molecule has 0 bridgehead atoms. The number of anilines is 1. The highest BCUT2D eigenvalue weighted by molar-refractivity contribution is 7.12. The van der Waals surface area contributed by atoms with Gasteiger partial charge in [0.2, 0.25) is 5.88 Å². The number of carbonyl (C=O) groups is 2. The summed E-state index contributed by atoms with van der Waals surface area (Å²) in [5.74, 6) is 0.126. The van der Waals surface area contributed by atoms with Crippen molar-refractivity contribution >= 4 is 52.0 Å². The predicted molar refractivity (Wildman–Crippen MR) is 131 cm³/mol. The number of halogens is 2. The normalized spacial score (nSPS) is 10.5. The Hall–Kier alpha value is -3.39. The van der Waals surface area contributed by atoms with Crippen LogP contribution in [0.25, 0.3) is 0 Å². The van der Waals surface area contributed by atoms with Crippen LogP contribution < -0.4 is 15.4 Å². The van der Waals surface area contributed by atoms with Gasteiger partial charge in [-0.15, -0.1) is 11.3 Å². The van der Waals surface area contributed by atoms with Crippen molar-refractivity contribution in [1.82, 2.24) is 10.3 Å². The lowest BCUT2D eigenvalue weighted by Crippen LogP contribution is -2.21. The highest BCUT2D eigenvalue weighted by Crippen LogP contribution is 2.33. The SMILES string of the molecule is O=C(Nc1ccccc1Oc1ncc(Cl)cc1Cl)c1ccc(CNC(=O)c2cccs2)cc1. The third-order valence-electron chi connectivity index (χ3n) is 4.53. The fourth-order valence-electron chi connectivity index (χ4n) is 2.89. The van der Waals surface area contributed by atoms with E-state index < -0.39 is 0 Å². The lowest BCUT2D eigenvalue weighted by molar-refractivity contribution is 0.0953. The number of carbonyl (C=O) groups excluding carboxylic acids is 2. The number of para-hydroxylation sites is 2.